The van der Waals surface area contributed by atoms with Gasteiger partial charge in [-0.25, -0.2) is 12.8 Å². The van der Waals surface area contributed by atoms with Crippen LogP contribution in [0.1, 0.15) is 25.5 Å². The average molecular weight is 328 g/mol. The Morgan fingerprint density at radius 3 is 2.45 bits per heavy atom. The highest BCUT2D eigenvalue weighted by atomic mass is 32.2. The minimum atomic E-state index is -3.59. The number of benzene rings is 1. The number of sulfone groups is 1. The van der Waals surface area contributed by atoms with E-state index >= 15 is 0 Å². The molecule has 1 aromatic rings. The van der Waals surface area contributed by atoms with Gasteiger partial charge in [0.2, 0.25) is 5.91 Å². The van der Waals surface area contributed by atoms with Crippen molar-refractivity contribution in [2.24, 2.45) is 11.8 Å². The maximum atomic E-state index is 13.9. The second-order valence-corrected chi connectivity index (χ2v) is 7.88. The molecule has 0 bridgehead atoms. The third-order valence-corrected chi connectivity index (χ3v) is 5.28. The lowest BCUT2D eigenvalue weighted by Crippen LogP contribution is -2.49. The molecule has 1 aromatic carbocycles. The Bertz CT molecular complexity index is 671. The van der Waals surface area contributed by atoms with E-state index in [0.717, 1.165) is 25.4 Å². The molecule has 1 heterocycles. The van der Waals surface area contributed by atoms with Crippen LogP contribution >= 0.6 is 0 Å². The summed E-state index contributed by atoms with van der Waals surface area (Å²) in [5.74, 6) is -0.649. The smallest absolute Gasteiger partial charge is 0.223 e. The van der Waals surface area contributed by atoms with Crippen LogP contribution in [0.3, 0.4) is 0 Å². The van der Waals surface area contributed by atoms with Gasteiger partial charge in [0, 0.05) is 12.2 Å². The van der Waals surface area contributed by atoms with E-state index in [0.29, 0.717) is 11.5 Å². The topological polar surface area (TPSA) is 75.3 Å². The monoisotopic (exact) mass is 328 g/mol. The molecule has 2 rings (SSSR count). The summed E-state index contributed by atoms with van der Waals surface area (Å²) in [5.41, 5.74) is 0.539. The predicted octanol–water partition coefficient (Wildman–Crippen LogP) is 1.26. The standard InChI is InChI=1S/C15H21FN2O3S/c1-9(12-7-17-8-12)15(19)18-10(2)11-4-5-14(13(16)6-11)22(3,20)21/h4-6,9-10,12,17H,7-8H2,1-3H3,(H,18,19). The van der Waals surface area contributed by atoms with Gasteiger partial charge in [-0.15, -0.1) is 0 Å². The molecular formula is C15H21FN2O3S. The van der Waals surface area contributed by atoms with Crippen LogP contribution in [0.2, 0.25) is 0 Å². The molecule has 122 valence electrons. The highest BCUT2D eigenvalue weighted by Crippen LogP contribution is 2.22. The van der Waals surface area contributed by atoms with Crippen molar-refractivity contribution in [3.05, 3.63) is 29.6 Å². The van der Waals surface area contributed by atoms with Gasteiger partial charge in [0.1, 0.15) is 10.7 Å². The molecule has 0 radical (unpaired) electrons. The number of hydrogen-bond donors (Lipinski definition) is 2. The normalized spacial score (nSPS) is 18.4. The van der Waals surface area contributed by atoms with E-state index in [4.69, 9.17) is 0 Å². The number of nitrogens with one attached hydrogen (secondary N) is 2. The van der Waals surface area contributed by atoms with Crippen LogP contribution in [0.15, 0.2) is 23.1 Å². The molecule has 7 heteroatoms. The Morgan fingerprint density at radius 1 is 1.36 bits per heavy atom. The van der Waals surface area contributed by atoms with E-state index in [1.807, 2.05) is 6.92 Å². The van der Waals surface area contributed by atoms with E-state index in [2.05, 4.69) is 10.6 Å². The molecule has 0 aromatic heterocycles. The second kappa shape index (κ2) is 6.34. The lowest BCUT2D eigenvalue weighted by molar-refractivity contribution is -0.127. The first kappa shape index (κ1) is 16.9. The Kier molecular flexibility index (Phi) is 4.87. The highest BCUT2D eigenvalue weighted by Gasteiger charge is 2.29. The third kappa shape index (κ3) is 3.64. The summed E-state index contributed by atoms with van der Waals surface area (Å²) in [4.78, 5) is 11.8. The largest absolute Gasteiger partial charge is 0.349 e. The third-order valence-electron chi connectivity index (χ3n) is 4.15. The zero-order valence-corrected chi connectivity index (χ0v) is 13.7. The zero-order chi connectivity index (χ0) is 16.5. The van der Waals surface area contributed by atoms with Crippen molar-refractivity contribution in [2.75, 3.05) is 19.3 Å². The van der Waals surface area contributed by atoms with E-state index in [9.17, 15) is 17.6 Å². The van der Waals surface area contributed by atoms with Gasteiger partial charge in [-0.1, -0.05) is 13.0 Å². The van der Waals surface area contributed by atoms with Crippen LogP contribution in [0.4, 0.5) is 4.39 Å². The maximum Gasteiger partial charge on any atom is 0.223 e. The number of hydrogen-bond acceptors (Lipinski definition) is 4. The molecule has 2 atom stereocenters. The first-order chi connectivity index (χ1) is 10.2. The second-order valence-electron chi connectivity index (χ2n) is 5.90. The van der Waals surface area contributed by atoms with Crippen molar-refractivity contribution in [3.63, 3.8) is 0 Å². The summed E-state index contributed by atoms with van der Waals surface area (Å²) in [7, 11) is -3.59. The van der Waals surface area contributed by atoms with E-state index in [-0.39, 0.29) is 22.8 Å². The van der Waals surface area contributed by atoms with Crippen molar-refractivity contribution in [1.82, 2.24) is 10.6 Å². The van der Waals surface area contributed by atoms with Gasteiger partial charge < -0.3 is 10.6 Å². The minimum absolute atomic E-state index is 0.0772. The number of carbonyl (C=O) groups excluding carboxylic acids is 1. The maximum absolute atomic E-state index is 13.9. The number of halogens is 1. The van der Waals surface area contributed by atoms with Crippen molar-refractivity contribution in [3.8, 4) is 0 Å². The molecule has 1 aliphatic heterocycles. The molecule has 0 spiro atoms. The molecule has 1 amide bonds. The van der Waals surface area contributed by atoms with Crippen LogP contribution < -0.4 is 10.6 Å². The Balaban J connectivity index is 2.08. The minimum Gasteiger partial charge on any atom is -0.349 e. The Morgan fingerprint density at radius 2 is 2.00 bits per heavy atom. The van der Waals surface area contributed by atoms with Crippen LogP contribution in [-0.4, -0.2) is 33.7 Å². The van der Waals surface area contributed by atoms with Crippen LogP contribution in [0.5, 0.6) is 0 Å². The fourth-order valence-corrected chi connectivity index (χ4v) is 3.12. The molecule has 2 unspecified atom stereocenters. The van der Waals surface area contributed by atoms with Crippen LogP contribution in [0, 0.1) is 17.7 Å². The van der Waals surface area contributed by atoms with Crippen molar-refractivity contribution in [1.29, 1.82) is 0 Å². The van der Waals surface area contributed by atoms with E-state index < -0.39 is 15.7 Å². The summed E-state index contributed by atoms with van der Waals surface area (Å²) >= 11 is 0. The molecule has 1 fully saturated rings. The fraction of sp³-hybridized carbons (Fsp3) is 0.533. The van der Waals surface area contributed by atoms with Gasteiger partial charge in [-0.2, -0.15) is 0 Å². The zero-order valence-electron chi connectivity index (χ0n) is 12.9. The van der Waals surface area contributed by atoms with Crippen LogP contribution in [0.25, 0.3) is 0 Å². The Hall–Kier alpha value is -1.47. The van der Waals surface area contributed by atoms with E-state index in [1.54, 1.807) is 6.92 Å². The molecule has 22 heavy (non-hydrogen) atoms. The van der Waals surface area contributed by atoms with Gasteiger partial charge in [0.15, 0.2) is 9.84 Å². The highest BCUT2D eigenvalue weighted by molar-refractivity contribution is 7.90. The lowest BCUT2D eigenvalue weighted by Gasteiger charge is -2.32. The predicted molar refractivity (Wildman–Crippen MR) is 81.6 cm³/mol. The van der Waals surface area contributed by atoms with Crippen LogP contribution in [-0.2, 0) is 14.6 Å². The molecule has 0 saturated carbocycles. The van der Waals surface area contributed by atoms with Gasteiger partial charge in [0.05, 0.1) is 6.04 Å². The SMILES string of the molecule is CC(NC(=O)C(C)C1CNC1)c1ccc(S(C)(=O)=O)c(F)c1. The lowest BCUT2D eigenvalue weighted by atomic mass is 9.88. The Labute approximate surface area is 130 Å². The number of carbonyl (C=O) groups is 1. The molecule has 1 saturated heterocycles. The van der Waals surface area contributed by atoms with Gasteiger partial charge in [0.25, 0.3) is 0 Å². The average Bonchev–Trinajstić information content (AvgIpc) is 2.34. The van der Waals surface area contributed by atoms with E-state index in [1.165, 1.54) is 12.1 Å². The summed E-state index contributed by atoms with van der Waals surface area (Å²) in [6, 6.07) is 3.55. The van der Waals surface area contributed by atoms with Gasteiger partial charge in [-0.3, -0.25) is 4.79 Å². The number of amides is 1. The summed E-state index contributed by atoms with van der Waals surface area (Å²) in [6.45, 7) is 5.29. The number of rotatable bonds is 5. The first-order valence-electron chi connectivity index (χ1n) is 7.20. The van der Waals surface area contributed by atoms with Crippen molar-refractivity contribution in [2.45, 2.75) is 24.8 Å². The molecular weight excluding hydrogens is 307 g/mol. The molecule has 5 nitrogen and oxygen atoms in total. The van der Waals surface area contributed by atoms with Crippen molar-refractivity contribution >= 4 is 15.7 Å². The fourth-order valence-electron chi connectivity index (χ4n) is 2.39. The van der Waals surface area contributed by atoms with Crippen molar-refractivity contribution < 1.29 is 17.6 Å². The van der Waals surface area contributed by atoms with Gasteiger partial charge >= 0.3 is 0 Å². The summed E-state index contributed by atoms with van der Waals surface area (Å²) in [5, 5.41) is 5.97. The molecule has 2 N–H and O–H groups in total. The molecule has 1 aliphatic rings. The quantitative estimate of drug-likeness (QED) is 0.853. The molecule has 0 aliphatic carbocycles. The van der Waals surface area contributed by atoms with Gasteiger partial charge in [-0.05, 0) is 43.6 Å². The first-order valence-corrected chi connectivity index (χ1v) is 9.10. The summed E-state index contributed by atoms with van der Waals surface area (Å²) < 4.78 is 36.7. The summed E-state index contributed by atoms with van der Waals surface area (Å²) in [6.07, 6.45) is 0.963.